The number of nitrogens with one attached hydrogen (secondary N) is 1. The van der Waals surface area contributed by atoms with Gasteiger partial charge in [-0.05, 0) is 80.1 Å². The number of carbonyl (C=O) groups excluding carboxylic acids is 4. The van der Waals surface area contributed by atoms with Gasteiger partial charge in [-0.15, -0.1) is 0 Å². The van der Waals surface area contributed by atoms with Crippen molar-refractivity contribution in [3.63, 3.8) is 0 Å². The molecule has 4 aliphatic carbocycles. The highest BCUT2D eigenvalue weighted by Gasteiger charge is 2.66. The minimum absolute atomic E-state index is 0.00373. The van der Waals surface area contributed by atoms with Crippen molar-refractivity contribution in [2.75, 3.05) is 6.61 Å². The Morgan fingerprint density at radius 3 is 2.42 bits per heavy atom. The van der Waals surface area contributed by atoms with Gasteiger partial charge in [0, 0.05) is 18.3 Å². The number of fused-ring (bicyclic) bond motifs is 5. The fraction of sp³-hybridized carbons (Fsp3) is 0.774. The number of esters is 1. The van der Waals surface area contributed by atoms with Crippen molar-refractivity contribution >= 4 is 29.4 Å². The molecular formula is C31H45NO8. The summed E-state index contributed by atoms with van der Waals surface area (Å²) < 4.78 is 5.20. The molecule has 3 fully saturated rings. The standard InChI is InChI=1S/C31H45NO8/c1-5-18(2)27(28(37)38)32-25(35)8-9-26(36)40-17-24(34)31(39)15-12-23-21-7-6-19-16-20(33)10-13-29(19,3)22(21)11-14-30(23,31)4/h16,18,21-23,27,39H,5-15,17H2,1-4H3,(H,32,35)(H,37,38)/t18-,21+,22-,23+,27-,29-,30-,31-/m0/s1. The Kier molecular flexibility index (Phi) is 8.65. The Labute approximate surface area is 236 Å². The molecule has 0 radical (unpaired) electrons. The molecule has 0 saturated heterocycles. The number of aliphatic hydroxyl groups is 1. The zero-order chi connectivity index (χ0) is 29.5. The number of amides is 1. The molecule has 222 valence electrons. The normalized spacial score (nSPS) is 36.3. The molecule has 0 bridgehead atoms. The molecule has 8 atom stereocenters. The summed E-state index contributed by atoms with van der Waals surface area (Å²) in [7, 11) is 0. The van der Waals surface area contributed by atoms with Crippen LogP contribution in [0.5, 0.6) is 0 Å². The molecule has 40 heavy (non-hydrogen) atoms. The summed E-state index contributed by atoms with van der Waals surface area (Å²) in [5, 5.41) is 23.6. The van der Waals surface area contributed by atoms with Gasteiger partial charge in [-0.3, -0.25) is 19.2 Å². The van der Waals surface area contributed by atoms with Crippen LogP contribution in [0.2, 0.25) is 0 Å². The van der Waals surface area contributed by atoms with Gasteiger partial charge in [-0.2, -0.15) is 0 Å². The minimum atomic E-state index is -1.58. The van der Waals surface area contributed by atoms with Crippen LogP contribution in [-0.2, 0) is 28.7 Å². The van der Waals surface area contributed by atoms with E-state index in [2.05, 4.69) is 12.2 Å². The molecule has 3 saturated carbocycles. The molecule has 0 unspecified atom stereocenters. The van der Waals surface area contributed by atoms with E-state index in [0.29, 0.717) is 37.5 Å². The number of ether oxygens (including phenoxy) is 1. The number of carbonyl (C=O) groups is 5. The van der Waals surface area contributed by atoms with Gasteiger partial charge >= 0.3 is 11.9 Å². The molecule has 9 nitrogen and oxygen atoms in total. The number of Topliss-reactive ketones (excluding diaryl/α,β-unsaturated/α-hetero) is 1. The van der Waals surface area contributed by atoms with Crippen molar-refractivity contribution in [1.82, 2.24) is 5.32 Å². The van der Waals surface area contributed by atoms with Gasteiger partial charge in [0.1, 0.15) is 11.6 Å². The number of rotatable bonds is 10. The van der Waals surface area contributed by atoms with E-state index in [4.69, 9.17) is 4.74 Å². The van der Waals surface area contributed by atoms with Crippen LogP contribution in [0, 0.1) is 34.5 Å². The molecule has 0 heterocycles. The summed E-state index contributed by atoms with van der Waals surface area (Å²) >= 11 is 0. The van der Waals surface area contributed by atoms with Crippen molar-refractivity contribution in [3.05, 3.63) is 11.6 Å². The van der Waals surface area contributed by atoms with Crippen LogP contribution < -0.4 is 5.32 Å². The summed E-state index contributed by atoms with van der Waals surface area (Å²) in [4.78, 5) is 61.4. The van der Waals surface area contributed by atoms with Crippen LogP contribution in [0.4, 0.5) is 0 Å². The van der Waals surface area contributed by atoms with Gasteiger partial charge < -0.3 is 20.3 Å². The van der Waals surface area contributed by atoms with E-state index >= 15 is 0 Å². The Bertz CT molecular complexity index is 1100. The highest BCUT2D eigenvalue weighted by Crippen LogP contribution is 2.67. The molecule has 9 heteroatoms. The fourth-order valence-electron chi connectivity index (χ4n) is 8.52. The average Bonchev–Trinajstić information content (AvgIpc) is 3.20. The van der Waals surface area contributed by atoms with Crippen LogP contribution in [-0.4, -0.2) is 57.9 Å². The zero-order valence-corrected chi connectivity index (χ0v) is 24.3. The van der Waals surface area contributed by atoms with E-state index in [1.54, 1.807) is 6.92 Å². The third-order valence-electron chi connectivity index (χ3n) is 11.3. The van der Waals surface area contributed by atoms with Crippen LogP contribution >= 0.6 is 0 Å². The maximum Gasteiger partial charge on any atom is 0.326 e. The summed E-state index contributed by atoms with van der Waals surface area (Å²) in [6, 6.07) is -1.04. The second kappa shape index (κ2) is 11.4. The zero-order valence-electron chi connectivity index (χ0n) is 24.3. The molecule has 0 spiro atoms. The molecule has 0 aromatic carbocycles. The molecular weight excluding hydrogens is 514 g/mol. The van der Waals surface area contributed by atoms with E-state index in [1.807, 2.05) is 19.9 Å². The number of allylic oxidation sites excluding steroid dienone is 1. The SMILES string of the molecule is CC[C@H](C)[C@H](NC(=O)CCC(=O)OCC(=O)[C@@]1(O)CC[C@@H]2[C@@H]3CCC4=CC(=O)CC[C@]4(C)[C@H]3CC[C@@]21C)C(=O)O. The van der Waals surface area contributed by atoms with E-state index < -0.39 is 47.3 Å². The average molecular weight is 560 g/mol. The number of hydrogen-bond donors (Lipinski definition) is 3. The molecule has 1 amide bonds. The van der Waals surface area contributed by atoms with Gasteiger partial charge in [0.2, 0.25) is 11.7 Å². The molecule has 3 N–H and O–H groups in total. The summed E-state index contributed by atoms with van der Waals surface area (Å²) in [5.74, 6) is -1.99. The summed E-state index contributed by atoms with van der Waals surface area (Å²) in [6.07, 6.45) is 7.87. The second-order valence-corrected chi connectivity index (χ2v) is 13.2. The smallest absolute Gasteiger partial charge is 0.326 e. The van der Waals surface area contributed by atoms with E-state index in [-0.39, 0.29) is 35.9 Å². The van der Waals surface area contributed by atoms with Crippen molar-refractivity contribution in [1.29, 1.82) is 0 Å². The molecule has 0 aromatic rings. The van der Waals surface area contributed by atoms with Crippen molar-refractivity contribution in [2.45, 2.75) is 110 Å². The van der Waals surface area contributed by atoms with Crippen LogP contribution in [0.1, 0.15) is 98.3 Å². The predicted molar refractivity (Wildman–Crippen MR) is 146 cm³/mol. The maximum atomic E-state index is 13.4. The Morgan fingerprint density at radius 1 is 1.05 bits per heavy atom. The fourth-order valence-corrected chi connectivity index (χ4v) is 8.52. The lowest BCUT2D eigenvalue weighted by molar-refractivity contribution is -0.170. The first-order valence-electron chi connectivity index (χ1n) is 14.9. The van der Waals surface area contributed by atoms with Gasteiger partial charge in [0.15, 0.2) is 12.4 Å². The molecule has 4 aliphatic rings. The summed E-state index contributed by atoms with van der Waals surface area (Å²) in [6.45, 7) is 7.31. The lowest BCUT2D eigenvalue weighted by Crippen LogP contribution is -2.58. The molecule has 0 aromatic heterocycles. The van der Waals surface area contributed by atoms with Crippen molar-refractivity contribution in [2.24, 2.45) is 34.5 Å². The first-order valence-corrected chi connectivity index (χ1v) is 14.9. The van der Waals surface area contributed by atoms with E-state index in [0.717, 1.165) is 32.1 Å². The molecule has 0 aliphatic heterocycles. The number of carboxylic acids is 1. The van der Waals surface area contributed by atoms with E-state index in [9.17, 15) is 34.2 Å². The number of ketones is 2. The largest absolute Gasteiger partial charge is 0.480 e. The van der Waals surface area contributed by atoms with Crippen LogP contribution in [0.15, 0.2) is 11.6 Å². The number of carboxylic acid groups (broad SMARTS) is 1. The minimum Gasteiger partial charge on any atom is -0.480 e. The summed E-state index contributed by atoms with van der Waals surface area (Å²) in [5.41, 5.74) is -0.910. The van der Waals surface area contributed by atoms with Crippen molar-refractivity contribution < 1.29 is 38.9 Å². The Hall–Kier alpha value is -2.55. The van der Waals surface area contributed by atoms with Gasteiger partial charge in [0.25, 0.3) is 0 Å². The van der Waals surface area contributed by atoms with Gasteiger partial charge in [0.05, 0.1) is 6.42 Å². The van der Waals surface area contributed by atoms with Crippen LogP contribution in [0.25, 0.3) is 0 Å². The monoisotopic (exact) mass is 559 g/mol. The second-order valence-electron chi connectivity index (χ2n) is 13.2. The molecule has 4 rings (SSSR count). The van der Waals surface area contributed by atoms with Crippen LogP contribution in [0.3, 0.4) is 0 Å². The third kappa shape index (κ3) is 5.26. The Balaban J connectivity index is 1.33. The van der Waals surface area contributed by atoms with Gasteiger partial charge in [-0.25, -0.2) is 4.79 Å². The lowest BCUT2D eigenvalue weighted by atomic mass is 9.46. The number of aliphatic carboxylic acids is 1. The lowest BCUT2D eigenvalue weighted by Gasteiger charge is -2.58. The highest BCUT2D eigenvalue weighted by atomic mass is 16.5. The van der Waals surface area contributed by atoms with Crippen molar-refractivity contribution in [3.8, 4) is 0 Å². The first kappa shape index (κ1) is 30.4. The number of hydrogen-bond acceptors (Lipinski definition) is 7. The third-order valence-corrected chi connectivity index (χ3v) is 11.3. The maximum absolute atomic E-state index is 13.4. The quantitative estimate of drug-likeness (QED) is 0.343. The highest BCUT2D eigenvalue weighted by molar-refractivity contribution is 5.92. The predicted octanol–water partition coefficient (Wildman–Crippen LogP) is 3.76. The topological polar surface area (TPSA) is 147 Å². The van der Waals surface area contributed by atoms with E-state index in [1.165, 1.54) is 5.57 Å². The first-order chi connectivity index (χ1) is 18.8. The van der Waals surface area contributed by atoms with Gasteiger partial charge in [-0.1, -0.05) is 39.7 Å². The Morgan fingerprint density at radius 2 is 1.75 bits per heavy atom.